The van der Waals surface area contributed by atoms with Gasteiger partial charge in [-0.1, -0.05) is 43.7 Å². The van der Waals surface area contributed by atoms with E-state index < -0.39 is 0 Å². The van der Waals surface area contributed by atoms with Crippen molar-refractivity contribution in [1.82, 2.24) is 4.90 Å². The summed E-state index contributed by atoms with van der Waals surface area (Å²) in [7, 11) is 2.25. The molecule has 1 aliphatic rings. The van der Waals surface area contributed by atoms with Crippen LogP contribution < -0.4 is 5.73 Å². The second kappa shape index (κ2) is 7.80. The highest BCUT2D eigenvalue weighted by molar-refractivity contribution is 5.15. The average Bonchev–Trinajstić information content (AvgIpc) is 2.48. The van der Waals surface area contributed by atoms with Gasteiger partial charge in [0.1, 0.15) is 0 Å². The van der Waals surface area contributed by atoms with Crippen molar-refractivity contribution in [2.45, 2.75) is 57.5 Å². The van der Waals surface area contributed by atoms with E-state index in [4.69, 9.17) is 5.73 Å². The van der Waals surface area contributed by atoms with Crippen LogP contribution in [-0.4, -0.2) is 30.6 Å². The van der Waals surface area contributed by atoms with Gasteiger partial charge in [0.2, 0.25) is 0 Å². The van der Waals surface area contributed by atoms with Crippen LogP contribution in [0.3, 0.4) is 0 Å². The lowest BCUT2D eigenvalue weighted by Crippen LogP contribution is -2.43. The molecule has 112 valence electrons. The van der Waals surface area contributed by atoms with E-state index >= 15 is 0 Å². The SMILES string of the molecule is CCC1CCC(N(C)CC(N)Cc2ccccc2)CC1. The number of nitrogens with zero attached hydrogens (tertiary/aromatic N) is 1. The number of rotatable bonds is 6. The molecule has 1 aromatic carbocycles. The minimum Gasteiger partial charge on any atom is -0.326 e. The Labute approximate surface area is 124 Å². The molecule has 0 spiro atoms. The molecule has 2 heteroatoms. The predicted octanol–water partition coefficient (Wildman–Crippen LogP) is 3.46. The lowest BCUT2D eigenvalue weighted by Gasteiger charge is -2.35. The molecule has 0 radical (unpaired) electrons. The summed E-state index contributed by atoms with van der Waals surface area (Å²) in [6.07, 6.45) is 7.85. The molecule has 1 unspecified atom stereocenters. The highest BCUT2D eigenvalue weighted by Crippen LogP contribution is 2.28. The number of nitrogens with two attached hydrogens (primary N) is 1. The number of benzene rings is 1. The van der Waals surface area contributed by atoms with Crippen LogP contribution in [0, 0.1) is 5.92 Å². The quantitative estimate of drug-likeness (QED) is 0.861. The Hall–Kier alpha value is -0.860. The fourth-order valence-corrected chi connectivity index (χ4v) is 3.49. The van der Waals surface area contributed by atoms with Crippen molar-refractivity contribution in [3.05, 3.63) is 35.9 Å². The minimum atomic E-state index is 0.242. The van der Waals surface area contributed by atoms with Crippen LogP contribution in [0.4, 0.5) is 0 Å². The standard InChI is InChI=1S/C18H30N2/c1-3-15-9-11-18(12-10-15)20(2)14-17(19)13-16-7-5-4-6-8-16/h4-8,15,17-18H,3,9-14,19H2,1-2H3. The van der Waals surface area contributed by atoms with E-state index in [1.807, 2.05) is 0 Å². The fraction of sp³-hybridized carbons (Fsp3) is 0.667. The Morgan fingerprint density at radius 3 is 2.40 bits per heavy atom. The Morgan fingerprint density at radius 2 is 1.80 bits per heavy atom. The molecule has 2 N–H and O–H groups in total. The summed E-state index contributed by atoms with van der Waals surface area (Å²) in [6.45, 7) is 3.33. The van der Waals surface area contributed by atoms with Gasteiger partial charge in [-0.3, -0.25) is 0 Å². The van der Waals surface area contributed by atoms with E-state index in [0.29, 0.717) is 0 Å². The molecule has 0 amide bonds. The molecule has 0 heterocycles. The van der Waals surface area contributed by atoms with Gasteiger partial charge in [0, 0.05) is 18.6 Å². The monoisotopic (exact) mass is 274 g/mol. The zero-order valence-electron chi connectivity index (χ0n) is 13.1. The normalized spacial score (nSPS) is 24.8. The summed E-state index contributed by atoms with van der Waals surface area (Å²) in [5.74, 6) is 0.970. The molecule has 1 saturated carbocycles. The van der Waals surface area contributed by atoms with Crippen molar-refractivity contribution in [2.75, 3.05) is 13.6 Å². The largest absolute Gasteiger partial charge is 0.326 e. The van der Waals surface area contributed by atoms with Crippen molar-refractivity contribution in [1.29, 1.82) is 0 Å². The molecule has 1 atom stereocenters. The van der Waals surface area contributed by atoms with E-state index in [2.05, 4.69) is 49.2 Å². The van der Waals surface area contributed by atoms with E-state index in [0.717, 1.165) is 24.9 Å². The highest BCUT2D eigenvalue weighted by atomic mass is 15.1. The summed E-state index contributed by atoms with van der Waals surface area (Å²) in [5.41, 5.74) is 7.68. The molecule has 1 fully saturated rings. The molecule has 2 nitrogen and oxygen atoms in total. The fourth-order valence-electron chi connectivity index (χ4n) is 3.49. The molecule has 1 aliphatic carbocycles. The molecule has 1 aromatic rings. The topological polar surface area (TPSA) is 29.3 Å². The molecule has 0 saturated heterocycles. The van der Waals surface area contributed by atoms with Gasteiger partial charge in [-0.25, -0.2) is 0 Å². The summed E-state index contributed by atoms with van der Waals surface area (Å²) in [6, 6.07) is 11.6. The van der Waals surface area contributed by atoms with Crippen molar-refractivity contribution in [2.24, 2.45) is 11.7 Å². The van der Waals surface area contributed by atoms with Gasteiger partial charge in [0.15, 0.2) is 0 Å². The first-order valence-corrected chi connectivity index (χ1v) is 8.18. The van der Waals surface area contributed by atoms with E-state index in [-0.39, 0.29) is 6.04 Å². The van der Waals surface area contributed by atoms with Crippen LogP contribution in [-0.2, 0) is 6.42 Å². The number of hydrogen-bond acceptors (Lipinski definition) is 2. The summed E-state index contributed by atoms with van der Waals surface area (Å²) >= 11 is 0. The van der Waals surface area contributed by atoms with Crippen LogP contribution in [0.1, 0.15) is 44.6 Å². The third-order valence-corrected chi connectivity index (χ3v) is 4.88. The van der Waals surface area contributed by atoms with Gasteiger partial charge in [-0.05, 0) is 50.6 Å². The molecule has 0 aliphatic heterocycles. The van der Waals surface area contributed by atoms with Crippen molar-refractivity contribution in [3.63, 3.8) is 0 Å². The van der Waals surface area contributed by atoms with E-state index in [1.54, 1.807) is 0 Å². The summed E-state index contributed by atoms with van der Waals surface area (Å²) in [5, 5.41) is 0. The molecule has 0 aromatic heterocycles. The van der Waals surface area contributed by atoms with Crippen LogP contribution in [0.5, 0.6) is 0 Å². The minimum absolute atomic E-state index is 0.242. The molecular formula is C18H30N2. The van der Waals surface area contributed by atoms with Crippen LogP contribution >= 0.6 is 0 Å². The van der Waals surface area contributed by atoms with Crippen molar-refractivity contribution >= 4 is 0 Å². The maximum absolute atomic E-state index is 6.33. The molecular weight excluding hydrogens is 244 g/mol. The maximum Gasteiger partial charge on any atom is 0.0208 e. The maximum atomic E-state index is 6.33. The number of hydrogen-bond donors (Lipinski definition) is 1. The molecule has 2 rings (SSSR count). The van der Waals surface area contributed by atoms with E-state index in [1.165, 1.54) is 37.7 Å². The zero-order chi connectivity index (χ0) is 14.4. The third kappa shape index (κ3) is 4.60. The smallest absolute Gasteiger partial charge is 0.0208 e. The second-order valence-corrected chi connectivity index (χ2v) is 6.47. The second-order valence-electron chi connectivity index (χ2n) is 6.47. The van der Waals surface area contributed by atoms with Crippen LogP contribution in [0.2, 0.25) is 0 Å². The first kappa shape index (κ1) is 15.5. The Kier molecular flexibility index (Phi) is 6.06. The van der Waals surface area contributed by atoms with Gasteiger partial charge >= 0.3 is 0 Å². The van der Waals surface area contributed by atoms with E-state index in [9.17, 15) is 0 Å². The molecule has 20 heavy (non-hydrogen) atoms. The highest BCUT2D eigenvalue weighted by Gasteiger charge is 2.23. The average molecular weight is 274 g/mol. The summed E-state index contributed by atoms with van der Waals surface area (Å²) in [4.78, 5) is 2.50. The third-order valence-electron chi connectivity index (χ3n) is 4.88. The first-order chi connectivity index (χ1) is 9.69. The molecule has 0 bridgehead atoms. The van der Waals surface area contributed by atoms with Gasteiger partial charge < -0.3 is 10.6 Å². The summed E-state index contributed by atoms with van der Waals surface area (Å²) < 4.78 is 0. The Bertz CT molecular complexity index is 368. The lowest BCUT2D eigenvalue weighted by molar-refractivity contribution is 0.156. The first-order valence-electron chi connectivity index (χ1n) is 8.18. The van der Waals surface area contributed by atoms with Crippen molar-refractivity contribution < 1.29 is 0 Å². The Morgan fingerprint density at radius 1 is 1.15 bits per heavy atom. The van der Waals surface area contributed by atoms with Gasteiger partial charge in [-0.2, -0.15) is 0 Å². The number of likely N-dealkylation sites (N-methyl/N-ethyl adjacent to an activating group) is 1. The van der Waals surface area contributed by atoms with Crippen LogP contribution in [0.15, 0.2) is 30.3 Å². The lowest BCUT2D eigenvalue weighted by atomic mass is 9.84. The van der Waals surface area contributed by atoms with Crippen LogP contribution in [0.25, 0.3) is 0 Å². The van der Waals surface area contributed by atoms with Gasteiger partial charge in [0.25, 0.3) is 0 Å². The zero-order valence-corrected chi connectivity index (χ0v) is 13.1. The van der Waals surface area contributed by atoms with Gasteiger partial charge in [-0.15, -0.1) is 0 Å². The van der Waals surface area contributed by atoms with Crippen molar-refractivity contribution in [3.8, 4) is 0 Å². The Balaban J connectivity index is 1.75. The van der Waals surface area contributed by atoms with Gasteiger partial charge in [0.05, 0.1) is 0 Å². The predicted molar refractivity (Wildman–Crippen MR) is 86.8 cm³/mol.